The molecule has 1 aliphatic rings. The lowest BCUT2D eigenvalue weighted by molar-refractivity contribution is 0.489. The standard InChI is InChI=1S/C17H18BrN/c1-12(13-6-8-16(18)9-7-13)19-11-15-10-14-4-2-3-5-17(14)15/h2-9,12,15,19H,10-11H2,1H3/t12-,15?/m1/s1. The summed E-state index contributed by atoms with van der Waals surface area (Å²) < 4.78 is 1.14. The molecule has 0 radical (unpaired) electrons. The van der Waals surface area contributed by atoms with Crippen molar-refractivity contribution >= 4 is 15.9 Å². The Hall–Kier alpha value is -1.12. The Morgan fingerprint density at radius 1 is 1.16 bits per heavy atom. The highest BCUT2D eigenvalue weighted by Crippen LogP contribution is 2.34. The van der Waals surface area contributed by atoms with Gasteiger partial charge >= 0.3 is 0 Å². The molecule has 1 unspecified atom stereocenters. The summed E-state index contributed by atoms with van der Waals surface area (Å²) in [5.41, 5.74) is 4.39. The van der Waals surface area contributed by atoms with Gasteiger partial charge in [-0.1, -0.05) is 52.3 Å². The molecule has 3 rings (SSSR count). The minimum Gasteiger partial charge on any atom is -0.310 e. The minimum absolute atomic E-state index is 0.404. The summed E-state index contributed by atoms with van der Waals surface area (Å²) in [4.78, 5) is 0. The third-order valence-electron chi connectivity index (χ3n) is 4.00. The third-order valence-corrected chi connectivity index (χ3v) is 4.53. The summed E-state index contributed by atoms with van der Waals surface area (Å²) in [6.07, 6.45) is 1.22. The molecule has 2 atom stereocenters. The lowest BCUT2D eigenvalue weighted by Gasteiger charge is -2.31. The number of hydrogen-bond donors (Lipinski definition) is 1. The molecule has 19 heavy (non-hydrogen) atoms. The molecule has 1 N–H and O–H groups in total. The fourth-order valence-corrected chi connectivity index (χ4v) is 3.00. The molecule has 0 saturated heterocycles. The van der Waals surface area contributed by atoms with Crippen LogP contribution in [0.5, 0.6) is 0 Å². The van der Waals surface area contributed by atoms with E-state index in [1.54, 1.807) is 0 Å². The van der Waals surface area contributed by atoms with Crippen molar-refractivity contribution in [1.82, 2.24) is 5.32 Å². The summed E-state index contributed by atoms with van der Waals surface area (Å²) in [5.74, 6) is 0.689. The van der Waals surface area contributed by atoms with E-state index in [0.717, 1.165) is 11.0 Å². The second-order valence-corrected chi connectivity index (χ2v) is 6.20. The van der Waals surface area contributed by atoms with E-state index < -0.39 is 0 Å². The number of hydrogen-bond acceptors (Lipinski definition) is 1. The number of rotatable bonds is 4. The van der Waals surface area contributed by atoms with E-state index in [4.69, 9.17) is 0 Å². The molecule has 0 amide bonds. The Morgan fingerprint density at radius 3 is 2.63 bits per heavy atom. The van der Waals surface area contributed by atoms with Crippen LogP contribution in [-0.4, -0.2) is 6.54 Å². The first kappa shape index (κ1) is 12.9. The van der Waals surface area contributed by atoms with Gasteiger partial charge in [0.2, 0.25) is 0 Å². The molecule has 0 bridgehead atoms. The Balaban J connectivity index is 1.57. The van der Waals surface area contributed by atoms with Crippen molar-refractivity contribution in [1.29, 1.82) is 0 Å². The predicted octanol–water partition coefficient (Wildman–Crippen LogP) is 4.44. The van der Waals surface area contributed by atoms with Crippen molar-refractivity contribution in [2.45, 2.75) is 25.3 Å². The van der Waals surface area contributed by atoms with Crippen LogP contribution in [-0.2, 0) is 6.42 Å². The van der Waals surface area contributed by atoms with Gasteiger partial charge in [0.25, 0.3) is 0 Å². The Bertz CT molecular complexity index is 562. The minimum atomic E-state index is 0.404. The van der Waals surface area contributed by atoms with Crippen LogP contribution in [0.15, 0.2) is 53.0 Å². The molecule has 1 nitrogen and oxygen atoms in total. The molecule has 2 heteroatoms. The first-order valence-corrected chi connectivity index (χ1v) is 7.60. The highest BCUT2D eigenvalue weighted by atomic mass is 79.9. The second-order valence-electron chi connectivity index (χ2n) is 5.28. The van der Waals surface area contributed by atoms with Crippen LogP contribution in [0.25, 0.3) is 0 Å². The largest absolute Gasteiger partial charge is 0.310 e. The Morgan fingerprint density at radius 2 is 1.89 bits per heavy atom. The van der Waals surface area contributed by atoms with Gasteiger partial charge in [-0.25, -0.2) is 0 Å². The molecule has 0 spiro atoms. The SMILES string of the molecule is C[C@@H](NCC1Cc2ccccc21)c1ccc(Br)cc1. The zero-order valence-corrected chi connectivity index (χ0v) is 12.7. The van der Waals surface area contributed by atoms with E-state index in [2.05, 4.69) is 76.7 Å². The predicted molar refractivity (Wildman–Crippen MR) is 83.4 cm³/mol. The maximum Gasteiger partial charge on any atom is 0.0292 e. The maximum atomic E-state index is 3.65. The van der Waals surface area contributed by atoms with Crippen molar-refractivity contribution in [3.63, 3.8) is 0 Å². The molecular formula is C17H18BrN. The van der Waals surface area contributed by atoms with E-state index >= 15 is 0 Å². The summed E-state index contributed by atoms with van der Waals surface area (Å²) in [6.45, 7) is 3.29. The van der Waals surface area contributed by atoms with Gasteiger partial charge in [0, 0.05) is 23.0 Å². The van der Waals surface area contributed by atoms with Crippen LogP contribution in [0, 0.1) is 0 Å². The molecule has 2 aromatic rings. The summed E-state index contributed by atoms with van der Waals surface area (Å²) in [5, 5.41) is 3.65. The average Bonchev–Trinajstić information content (AvgIpc) is 2.40. The maximum absolute atomic E-state index is 3.65. The van der Waals surface area contributed by atoms with Gasteiger partial charge in [0.15, 0.2) is 0 Å². The van der Waals surface area contributed by atoms with Gasteiger partial charge in [-0.2, -0.15) is 0 Å². The van der Waals surface area contributed by atoms with Crippen molar-refractivity contribution < 1.29 is 0 Å². The quantitative estimate of drug-likeness (QED) is 0.879. The summed E-state index contributed by atoms with van der Waals surface area (Å²) in [7, 11) is 0. The van der Waals surface area contributed by atoms with Gasteiger partial charge in [0.1, 0.15) is 0 Å². The molecule has 0 saturated carbocycles. The molecule has 0 fully saturated rings. The van der Waals surface area contributed by atoms with Gasteiger partial charge in [-0.05, 0) is 42.2 Å². The van der Waals surface area contributed by atoms with Crippen LogP contribution in [0.1, 0.15) is 35.6 Å². The fraction of sp³-hybridized carbons (Fsp3) is 0.294. The zero-order valence-electron chi connectivity index (χ0n) is 11.1. The third kappa shape index (κ3) is 2.75. The molecule has 98 valence electrons. The highest BCUT2D eigenvalue weighted by Gasteiger charge is 2.25. The molecule has 0 aromatic heterocycles. The van der Waals surface area contributed by atoms with Crippen molar-refractivity contribution in [2.24, 2.45) is 0 Å². The normalized spacial score (nSPS) is 18.5. The van der Waals surface area contributed by atoms with E-state index in [1.807, 2.05) is 0 Å². The number of benzene rings is 2. The van der Waals surface area contributed by atoms with Gasteiger partial charge in [-0.3, -0.25) is 0 Å². The molecule has 1 aliphatic carbocycles. The molecular weight excluding hydrogens is 298 g/mol. The number of nitrogens with one attached hydrogen (secondary N) is 1. The van der Waals surface area contributed by atoms with Gasteiger partial charge in [0.05, 0.1) is 0 Å². The number of fused-ring (bicyclic) bond motifs is 1. The fourth-order valence-electron chi connectivity index (χ4n) is 2.73. The summed E-state index contributed by atoms with van der Waals surface area (Å²) in [6, 6.07) is 17.7. The topological polar surface area (TPSA) is 12.0 Å². The van der Waals surface area contributed by atoms with E-state index in [1.165, 1.54) is 23.1 Å². The van der Waals surface area contributed by atoms with E-state index in [-0.39, 0.29) is 0 Å². The second kappa shape index (κ2) is 5.48. The Kier molecular flexibility index (Phi) is 3.72. The van der Waals surface area contributed by atoms with Crippen molar-refractivity contribution in [3.05, 3.63) is 69.7 Å². The van der Waals surface area contributed by atoms with Crippen LogP contribution in [0.4, 0.5) is 0 Å². The highest BCUT2D eigenvalue weighted by molar-refractivity contribution is 9.10. The zero-order chi connectivity index (χ0) is 13.2. The number of halogens is 1. The van der Waals surface area contributed by atoms with E-state index in [9.17, 15) is 0 Å². The van der Waals surface area contributed by atoms with Crippen LogP contribution in [0.2, 0.25) is 0 Å². The average molecular weight is 316 g/mol. The van der Waals surface area contributed by atoms with Crippen LogP contribution >= 0.6 is 15.9 Å². The lowest BCUT2D eigenvalue weighted by atomic mass is 9.77. The van der Waals surface area contributed by atoms with Crippen LogP contribution in [0.3, 0.4) is 0 Å². The van der Waals surface area contributed by atoms with Crippen LogP contribution < -0.4 is 5.32 Å². The van der Waals surface area contributed by atoms with Crippen molar-refractivity contribution in [3.8, 4) is 0 Å². The molecule has 0 aliphatic heterocycles. The first-order chi connectivity index (χ1) is 9.24. The van der Waals surface area contributed by atoms with Gasteiger partial charge < -0.3 is 5.32 Å². The van der Waals surface area contributed by atoms with Gasteiger partial charge in [-0.15, -0.1) is 0 Å². The smallest absolute Gasteiger partial charge is 0.0292 e. The summed E-state index contributed by atoms with van der Waals surface area (Å²) >= 11 is 3.47. The molecule has 0 heterocycles. The monoisotopic (exact) mass is 315 g/mol. The van der Waals surface area contributed by atoms with E-state index in [0.29, 0.717) is 12.0 Å². The first-order valence-electron chi connectivity index (χ1n) is 6.80. The lowest BCUT2D eigenvalue weighted by Crippen LogP contribution is -2.30. The Labute approximate surface area is 123 Å². The molecule has 2 aromatic carbocycles. The van der Waals surface area contributed by atoms with Crippen molar-refractivity contribution in [2.75, 3.05) is 6.54 Å².